The molecule has 0 radical (unpaired) electrons. The van der Waals surface area contributed by atoms with Crippen LogP contribution in [0.4, 0.5) is 0 Å². The molecule has 1 amide bonds. The van der Waals surface area contributed by atoms with E-state index in [-0.39, 0.29) is 11.3 Å². The Balaban J connectivity index is 1.73. The van der Waals surface area contributed by atoms with Gasteiger partial charge in [0.1, 0.15) is 17.3 Å². The van der Waals surface area contributed by atoms with Gasteiger partial charge in [-0.3, -0.25) is 9.59 Å². The van der Waals surface area contributed by atoms with Gasteiger partial charge in [-0.05, 0) is 53.8 Å². The Labute approximate surface area is 205 Å². The first-order chi connectivity index (χ1) is 17.0. The van der Waals surface area contributed by atoms with Crippen molar-refractivity contribution in [3.8, 4) is 11.5 Å². The summed E-state index contributed by atoms with van der Waals surface area (Å²) in [7, 11) is 3.19. The summed E-state index contributed by atoms with van der Waals surface area (Å²) in [4.78, 5) is 27.9. The summed E-state index contributed by atoms with van der Waals surface area (Å²) in [6.45, 7) is 2.37. The minimum atomic E-state index is -0.704. The van der Waals surface area contributed by atoms with E-state index in [1.165, 1.54) is 0 Å². The Bertz CT molecular complexity index is 1230. The molecule has 0 aromatic heterocycles. The van der Waals surface area contributed by atoms with Crippen LogP contribution in [-0.4, -0.2) is 42.5 Å². The predicted octanol–water partition coefficient (Wildman–Crippen LogP) is 4.93. The number of ether oxygens (including phenoxy) is 2. The second-order valence-electron chi connectivity index (χ2n) is 8.41. The smallest absolute Gasteiger partial charge is 0.295 e. The summed E-state index contributed by atoms with van der Waals surface area (Å²) in [5, 5.41) is 11.2. The summed E-state index contributed by atoms with van der Waals surface area (Å²) < 4.78 is 10.5. The van der Waals surface area contributed by atoms with Crippen LogP contribution in [0.25, 0.3) is 5.76 Å². The van der Waals surface area contributed by atoms with Crippen LogP contribution in [0.3, 0.4) is 0 Å². The summed E-state index contributed by atoms with van der Waals surface area (Å²) in [6, 6.07) is 21.5. The molecule has 0 aliphatic carbocycles. The number of likely N-dealkylation sites (tertiary alicyclic amines) is 1. The molecule has 3 aromatic carbocycles. The molecule has 0 spiro atoms. The molecule has 1 atom stereocenters. The van der Waals surface area contributed by atoms with Gasteiger partial charge < -0.3 is 19.5 Å². The highest BCUT2D eigenvalue weighted by Gasteiger charge is 2.45. The zero-order valence-electron chi connectivity index (χ0n) is 20.2. The van der Waals surface area contributed by atoms with E-state index in [9.17, 15) is 14.7 Å². The maximum atomic E-state index is 13.2. The average Bonchev–Trinajstić information content (AvgIpc) is 3.16. The molecule has 1 aliphatic rings. The highest BCUT2D eigenvalue weighted by molar-refractivity contribution is 6.46. The van der Waals surface area contributed by atoms with Gasteiger partial charge in [-0.2, -0.15) is 0 Å². The third kappa shape index (κ3) is 4.92. The highest BCUT2D eigenvalue weighted by atomic mass is 16.5. The molecule has 1 N–H and O–H groups in total. The van der Waals surface area contributed by atoms with Crippen molar-refractivity contribution >= 4 is 17.4 Å². The molecule has 180 valence electrons. The Hall–Kier alpha value is -4.06. The van der Waals surface area contributed by atoms with Crippen LogP contribution < -0.4 is 9.47 Å². The molecule has 3 aromatic rings. The lowest BCUT2D eigenvalue weighted by Gasteiger charge is -2.25. The van der Waals surface area contributed by atoms with E-state index >= 15 is 0 Å². The maximum Gasteiger partial charge on any atom is 0.295 e. The molecule has 1 unspecified atom stereocenters. The van der Waals surface area contributed by atoms with Crippen LogP contribution in [0.5, 0.6) is 11.5 Å². The maximum absolute atomic E-state index is 13.2. The second kappa shape index (κ2) is 10.5. The fraction of sp³-hybridized carbons (Fsp3) is 0.241. The number of hydrogen-bond donors (Lipinski definition) is 1. The molecular formula is C29H29NO5. The van der Waals surface area contributed by atoms with E-state index in [1.54, 1.807) is 43.4 Å². The van der Waals surface area contributed by atoms with Gasteiger partial charge in [0, 0.05) is 12.1 Å². The van der Waals surface area contributed by atoms with Crippen LogP contribution in [0.1, 0.15) is 35.2 Å². The molecule has 4 rings (SSSR count). The number of aliphatic hydroxyl groups excluding tert-OH is 1. The SMILES string of the molecule is CCc1ccc(/C(O)=C2/C(=O)C(=O)N(CCc3ccc(OC)cc3)C2c2ccc(OC)cc2)cc1. The predicted molar refractivity (Wildman–Crippen MR) is 135 cm³/mol. The molecule has 6 nitrogen and oxygen atoms in total. The monoisotopic (exact) mass is 471 g/mol. The number of carbonyl (C=O) groups excluding carboxylic acids is 2. The molecular weight excluding hydrogens is 442 g/mol. The number of aliphatic hydroxyl groups is 1. The van der Waals surface area contributed by atoms with Crippen molar-refractivity contribution in [3.63, 3.8) is 0 Å². The van der Waals surface area contributed by atoms with Crippen LogP contribution in [-0.2, 0) is 22.4 Å². The van der Waals surface area contributed by atoms with Crippen LogP contribution in [0.15, 0.2) is 78.4 Å². The number of ketones is 1. The largest absolute Gasteiger partial charge is 0.507 e. The Morgan fingerprint density at radius 3 is 1.91 bits per heavy atom. The van der Waals surface area contributed by atoms with Gasteiger partial charge >= 0.3 is 0 Å². The van der Waals surface area contributed by atoms with Crippen LogP contribution in [0.2, 0.25) is 0 Å². The summed E-state index contributed by atoms with van der Waals surface area (Å²) in [6.07, 6.45) is 1.41. The molecule has 1 fully saturated rings. The summed E-state index contributed by atoms with van der Waals surface area (Å²) in [5.41, 5.74) is 3.46. The molecule has 1 heterocycles. The van der Waals surface area contributed by atoms with Crippen molar-refractivity contribution in [1.29, 1.82) is 0 Å². The van der Waals surface area contributed by atoms with E-state index in [4.69, 9.17) is 9.47 Å². The number of rotatable bonds is 8. The number of nitrogens with zero attached hydrogens (tertiary/aromatic N) is 1. The molecule has 0 saturated carbocycles. The highest BCUT2D eigenvalue weighted by Crippen LogP contribution is 2.40. The number of carbonyl (C=O) groups is 2. The number of Topliss-reactive ketones (excluding diaryl/α,β-unsaturated/α-hetero) is 1. The average molecular weight is 472 g/mol. The minimum Gasteiger partial charge on any atom is -0.507 e. The van der Waals surface area contributed by atoms with Crippen molar-refractivity contribution < 1.29 is 24.2 Å². The van der Waals surface area contributed by atoms with E-state index < -0.39 is 17.7 Å². The molecule has 6 heteroatoms. The molecule has 35 heavy (non-hydrogen) atoms. The van der Waals surface area contributed by atoms with Crippen LogP contribution >= 0.6 is 0 Å². The fourth-order valence-corrected chi connectivity index (χ4v) is 4.34. The van der Waals surface area contributed by atoms with Crippen molar-refractivity contribution in [2.24, 2.45) is 0 Å². The van der Waals surface area contributed by atoms with Crippen molar-refractivity contribution in [2.75, 3.05) is 20.8 Å². The number of aryl methyl sites for hydroxylation is 1. The van der Waals surface area contributed by atoms with Gasteiger partial charge in [-0.15, -0.1) is 0 Å². The fourth-order valence-electron chi connectivity index (χ4n) is 4.34. The van der Waals surface area contributed by atoms with Crippen molar-refractivity contribution in [1.82, 2.24) is 4.90 Å². The zero-order valence-corrected chi connectivity index (χ0v) is 20.2. The van der Waals surface area contributed by atoms with Gasteiger partial charge in [0.25, 0.3) is 11.7 Å². The summed E-state index contributed by atoms with van der Waals surface area (Å²) in [5.74, 6) is -0.0527. The molecule has 1 saturated heterocycles. The molecule has 0 bridgehead atoms. The lowest BCUT2D eigenvalue weighted by molar-refractivity contribution is -0.139. The first-order valence-electron chi connectivity index (χ1n) is 11.6. The second-order valence-corrected chi connectivity index (χ2v) is 8.41. The molecule has 1 aliphatic heterocycles. The van der Waals surface area contributed by atoms with E-state index in [2.05, 4.69) is 0 Å². The zero-order chi connectivity index (χ0) is 24.9. The van der Waals surface area contributed by atoms with Gasteiger partial charge in [0.05, 0.1) is 25.8 Å². The van der Waals surface area contributed by atoms with Crippen molar-refractivity contribution in [2.45, 2.75) is 25.8 Å². The third-order valence-corrected chi connectivity index (χ3v) is 6.41. The van der Waals surface area contributed by atoms with E-state index in [1.807, 2.05) is 55.5 Å². The van der Waals surface area contributed by atoms with E-state index in [0.29, 0.717) is 24.3 Å². The van der Waals surface area contributed by atoms with Gasteiger partial charge in [0.2, 0.25) is 0 Å². The normalized spacial score (nSPS) is 17.0. The Kier molecular flexibility index (Phi) is 7.20. The lowest BCUT2D eigenvalue weighted by atomic mass is 9.94. The number of amides is 1. The third-order valence-electron chi connectivity index (χ3n) is 6.41. The Morgan fingerprint density at radius 2 is 1.37 bits per heavy atom. The lowest BCUT2D eigenvalue weighted by Crippen LogP contribution is -2.31. The van der Waals surface area contributed by atoms with Gasteiger partial charge in [-0.25, -0.2) is 0 Å². The number of methoxy groups -OCH3 is 2. The quantitative estimate of drug-likeness (QED) is 0.286. The van der Waals surface area contributed by atoms with Gasteiger partial charge in [0.15, 0.2) is 0 Å². The van der Waals surface area contributed by atoms with Crippen molar-refractivity contribution in [3.05, 3.63) is 101 Å². The number of hydrogen-bond acceptors (Lipinski definition) is 5. The Morgan fingerprint density at radius 1 is 0.829 bits per heavy atom. The first-order valence-corrected chi connectivity index (χ1v) is 11.6. The summed E-state index contributed by atoms with van der Waals surface area (Å²) >= 11 is 0. The topological polar surface area (TPSA) is 76.1 Å². The first kappa shape index (κ1) is 24.1. The minimum absolute atomic E-state index is 0.0964. The standard InChI is InChI=1S/C29H29NO5/c1-4-19-5-9-22(10-6-19)27(31)25-26(21-11-15-24(35-3)16-12-21)30(29(33)28(25)32)18-17-20-7-13-23(34-2)14-8-20/h5-16,26,31H,4,17-18H2,1-3H3/b27-25-. The van der Waals surface area contributed by atoms with Crippen LogP contribution in [0, 0.1) is 0 Å². The number of benzene rings is 3. The van der Waals surface area contributed by atoms with E-state index in [0.717, 1.165) is 28.9 Å². The van der Waals surface area contributed by atoms with Gasteiger partial charge in [-0.1, -0.05) is 55.5 Å².